The molecule has 1 aromatic carbocycles. The molecule has 16 heavy (non-hydrogen) atoms. The molecule has 1 amide bonds. The van der Waals surface area contributed by atoms with Gasteiger partial charge in [-0.15, -0.1) is 0 Å². The average Bonchev–Trinajstić information content (AvgIpc) is 2.16. The first-order valence-corrected chi connectivity index (χ1v) is 5.17. The Hall–Kier alpha value is -1.55. The molecule has 0 unspecified atom stereocenters. The number of phenolic OH excluding ortho intramolecular Hbond substituents is 1. The summed E-state index contributed by atoms with van der Waals surface area (Å²) < 4.78 is 0. The van der Waals surface area contributed by atoms with Gasteiger partial charge in [0.05, 0.1) is 0 Å². The fraction of sp³-hybridized carbons (Fsp3) is 0.417. The van der Waals surface area contributed by atoms with E-state index in [4.69, 9.17) is 5.11 Å². The molecule has 0 saturated carbocycles. The lowest BCUT2D eigenvalue weighted by atomic mass is 10.0. The normalized spacial score (nSPS) is 11.2. The van der Waals surface area contributed by atoms with E-state index in [1.807, 2.05) is 13.8 Å². The predicted octanol–water partition coefficient (Wildman–Crippen LogP) is 1.28. The summed E-state index contributed by atoms with van der Waals surface area (Å²) in [6.45, 7) is 3.70. The molecule has 0 saturated heterocycles. The molecule has 0 aliphatic rings. The molecule has 4 heteroatoms. The third kappa shape index (κ3) is 3.55. The van der Waals surface area contributed by atoms with Gasteiger partial charge in [-0.3, -0.25) is 4.79 Å². The van der Waals surface area contributed by atoms with Crippen LogP contribution in [-0.2, 0) is 0 Å². The zero-order valence-corrected chi connectivity index (χ0v) is 9.53. The van der Waals surface area contributed by atoms with Crippen LogP contribution in [-0.4, -0.2) is 28.3 Å². The average molecular weight is 223 g/mol. The molecule has 1 rings (SSSR count). The zero-order valence-electron chi connectivity index (χ0n) is 9.53. The number of carbonyl (C=O) groups is 1. The number of amides is 1. The molecule has 0 spiro atoms. The van der Waals surface area contributed by atoms with E-state index in [1.54, 1.807) is 12.1 Å². The van der Waals surface area contributed by atoms with Gasteiger partial charge in [-0.1, -0.05) is 6.07 Å². The van der Waals surface area contributed by atoms with Crippen molar-refractivity contribution in [3.05, 3.63) is 29.8 Å². The Morgan fingerprint density at radius 3 is 2.69 bits per heavy atom. The van der Waals surface area contributed by atoms with Gasteiger partial charge >= 0.3 is 0 Å². The van der Waals surface area contributed by atoms with E-state index < -0.39 is 5.54 Å². The number of aromatic hydroxyl groups is 1. The number of rotatable bonds is 4. The second-order valence-electron chi connectivity index (χ2n) is 4.36. The number of benzene rings is 1. The molecule has 0 aromatic heterocycles. The predicted molar refractivity (Wildman–Crippen MR) is 61.4 cm³/mol. The fourth-order valence-corrected chi connectivity index (χ4v) is 1.37. The largest absolute Gasteiger partial charge is 0.508 e. The lowest BCUT2D eigenvalue weighted by molar-refractivity contribution is 0.0899. The van der Waals surface area contributed by atoms with Gasteiger partial charge in [0, 0.05) is 17.7 Å². The summed E-state index contributed by atoms with van der Waals surface area (Å²) in [6, 6.07) is 6.16. The molecule has 0 heterocycles. The number of hydrogen-bond donors (Lipinski definition) is 3. The molecular formula is C12H17NO3. The van der Waals surface area contributed by atoms with Crippen molar-refractivity contribution in [3.63, 3.8) is 0 Å². The summed E-state index contributed by atoms with van der Waals surface area (Å²) in [6.07, 6.45) is 0.484. The Morgan fingerprint density at radius 2 is 2.12 bits per heavy atom. The highest BCUT2D eigenvalue weighted by molar-refractivity contribution is 5.95. The van der Waals surface area contributed by atoms with Crippen LogP contribution >= 0.6 is 0 Å². The van der Waals surface area contributed by atoms with Crippen LogP contribution in [0.4, 0.5) is 0 Å². The Kier molecular flexibility index (Phi) is 3.90. The molecule has 3 N–H and O–H groups in total. The van der Waals surface area contributed by atoms with Gasteiger partial charge in [0.25, 0.3) is 5.91 Å². The van der Waals surface area contributed by atoms with Crippen LogP contribution in [0.15, 0.2) is 24.3 Å². The molecule has 88 valence electrons. The first kappa shape index (κ1) is 12.5. The van der Waals surface area contributed by atoms with Gasteiger partial charge in [0.1, 0.15) is 5.75 Å². The molecule has 0 aliphatic carbocycles. The number of aliphatic hydroxyl groups excluding tert-OH is 1. The highest BCUT2D eigenvalue weighted by Crippen LogP contribution is 2.13. The van der Waals surface area contributed by atoms with E-state index in [0.717, 1.165) is 0 Å². The highest BCUT2D eigenvalue weighted by atomic mass is 16.3. The van der Waals surface area contributed by atoms with Gasteiger partial charge in [-0.05, 0) is 38.5 Å². The van der Waals surface area contributed by atoms with E-state index in [9.17, 15) is 9.90 Å². The van der Waals surface area contributed by atoms with Crippen molar-refractivity contribution in [2.24, 2.45) is 0 Å². The number of aliphatic hydroxyl groups is 1. The molecule has 0 radical (unpaired) electrons. The third-order valence-corrected chi connectivity index (χ3v) is 2.30. The Bertz CT molecular complexity index is 374. The van der Waals surface area contributed by atoms with E-state index >= 15 is 0 Å². The second kappa shape index (κ2) is 4.99. The summed E-state index contributed by atoms with van der Waals surface area (Å²) in [4.78, 5) is 11.8. The number of hydrogen-bond acceptors (Lipinski definition) is 3. The van der Waals surface area contributed by atoms with Crippen molar-refractivity contribution in [3.8, 4) is 5.75 Å². The lowest BCUT2D eigenvalue weighted by Crippen LogP contribution is -2.44. The molecular weight excluding hydrogens is 206 g/mol. The van der Waals surface area contributed by atoms with Crippen LogP contribution in [0.2, 0.25) is 0 Å². The van der Waals surface area contributed by atoms with Gasteiger partial charge in [0.2, 0.25) is 0 Å². The van der Waals surface area contributed by atoms with Gasteiger partial charge < -0.3 is 15.5 Å². The minimum absolute atomic E-state index is 0.0212. The molecule has 4 nitrogen and oxygen atoms in total. The molecule has 0 atom stereocenters. The summed E-state index contributed by atoms with van der Waals surface area (Å²) in [5, 5.41) is 20.9. The van der Waals surface area contributed by atoms with Crippen molar-refractivity contribution < 1.29 is 15.0 Å². The Balaban J connectivity index is 2.72. The lowest BCUT2D eigenvalue weighted by Gasteiger charge is -2.25. The van der Waals surface area contributed by atoms with Crippen molar-refractivity contribution in [2.45, 2.75) is 25.8 Å². The van der Waals surface area contributed by atoms with Crippen molar-refractivity contribution in [1.82, 2.24) is 5.32 Å². The van der Waals surface area contributed by atoms with Crippen LogP contribution in [0.25, 0.3) is 0 Å². The first-order valence-electron chi connectivity index (χ1n) is 5.17. The van der Waals surface area contributed by atoms with Crippen LogP contribution in [0.5, 0.6) is 5.75 Å². The topological polar surface area (TPSA) is 69.6 Å². The summed E-state index contributed by atoms with van der Waals surface area (Å²) in [5.74, 6) is -0.193. The molecule has 0 bridgehead atoms. The van der Waals surface area contributed by atoms with Gasteiger partial charge in [-0.25, -0.2) is 0 Å². The number of nitrogens with one attached hydrogen (secondary N) is 1. The maximum Gasteiger partial charge on any atom is 0.251 e. The van der Waals surface area contributed by atoms with E-state index in [1.165, 1.54) is 12.1 Å². The van der Waals surface area contributed by atoms with Crippen molar-refractivity contribution in [1.29, 1.82) is 0 Å². The third-order valence-electron chi connectivity index (χ3n) is 2.30. The fourth-order valence-electron chi connectivity index (χ4n) is 1.37. The van der Waals surface area contributed by atoms with Crippen LogP contribution in [0, 0.1) is 0 Å². The van der Waals surface area contributed by atoms with Crippen LogP contribution in [0.3, 0.4) is 0 Å². The van der Waals surface area contributed by atoms with E-state index in [2.05, 4.69) is 5.32 Å². The summed E-state index contributed by atoms with van der Waals surface area (Å²) in [5.41, 5.74) is -0.0527. The van der Waals surface area contributed by atoms with Crippen LogP contribution in [0.1, 0.15) is 30.6 Å². The standard InChI is InChI=1S/C12H17NO3/c1-12(2,6-7-14)13-11(16)9-4-3-5-10(15)8-9/h3-5,8,14-15H,6-7H2,1-2H3,(H,13,16). The minimum Gasteiger partial charge on any atom is -0.508 e. The SMILES string of the molecule is CC(C)(CCO)NC(=O)c1cccc(O)c1. The summed E-state index contributed by atoms with van der Waals surface area (Å²) >= 11 is 0. The first-order chi connectivity index (χ1) is 7.44. The Morgan fingerprint density at radius 1 is 1.44 bits per heavy atom. The number of carbonyl (C=O) groups excluding carboxylic acids is 1. The molecule has 0 aliphatic heterocycles. The molecule has 1 aromatic rings. The maximum atomic E-state index is 11.8. The number of phenols is 1. The van der Waals surface area contributed by atoms with Crippen molar-refractivity contribution in [2.75, 3.05) is 6.61 Å². The van der Waals surface area contributed by atoms with Crippen LogP contribution < -0.4 is 5.32 Å². The Labute approximate surface area is 94.9 Å². The van der Waals surface area contributed by atoms with E-state index in [0.29, 0.717) is 12.0 Å². The van der Waals surface area contributed by atoms with Gasteiger partial charge in [-0.2, -0.15) is 0 Å². The van der Waals surface area contributed by atoms with Gasteiger partial charge in [0.15, 0.2) is 0 Å². The monoisotopic (exact) mass is 223 g/mol. The van der Waals surface area contributed by atoms with E-state index in [-0.39, 0.29) is 18.3 Å². The smallest absolute Gasteiger partial charge is 0.251 e. The molecule has 0 fully saturated rings. The highest BCUT2D eigenvalue weighted by Gasteiger charge is 2.20. The zero-order chi connectivity index (χ0) is 12.2. The van der Waals surface area contributed by atoms with Crippen molar-refractivity contribution >= 4 is 5.91 Å². The second-order valence-corrected chi connectivity index (χ2v) is 4.36. The minimum atomic E-state index is -0.461. The summed E-state index contributed by atoms with van der Waals surface area (Å²) in [7, 11) is 0. The quantitative estimate of drug-likeness (QED) is 0.720. The maximum absolute atomic E-state index is 11.8.